The Labute approximate surface area is 102 Å². The first-order valence-electron chi connectivity index (χ1n) is 5.84. The number of phenols is 1. The summed E-state index contributed by atoms with van der Waals surface area (Å²) in [6.45, 7) is 0.676. The number of benzene rings is 2. The number of nitrogens with two attached hydrogens (primary N) is 1. The Morgan fingerprint density at radius 1 is 0.882 bits per heavy atom. The number of aromatic hydroxyl groups is 1. The predicted octanol–water partition coefficient (Wildman–Crippen LogP) is 2.48. The molecule has 0 spiro atoms. The van der Waals surface area contributed by atoms with Crippen molar-refractivity contribution >= 4 is 0 Å². The van der Waals surface area contributed by atoms with Crippen LogP contribution in [0.3, 0.4) is 0 Å². The van der Waals surface area contributed by atoms with Crippen LogP contribution < -0.4 is 5.73 Å². The van der Waals surface area contributed by atoms with Gasteiger partial charge in [0.1, 0.15) is 5.75 Å². The van der Waals surface area contributed by atoms with E-state index in [0.29, 0.717) is 12.3 Å². The van der Waals surface area contributed by atoms with Crippen LogP contribution in [-0.2, 0) is 12.8 Å². The lowest BCUT2D eigenvalue weighted by molar-refractivity contribution is 0.474. The average Bonchev–Trinajstić information content (AvgIpc) is 2.30. The SMILES string of the molecule is NCCc1cccc(Cc2cccc(O)c2)c1. The number of hydrogen-bond donors (Lipinski definition) is 2. The molecule has 0 atom stereocenters. The third-order valence-corrected chi connectivity index (χ3v) is 2.74. The van der Waals surface area contributed by atoms with E-state index in [1.54, 1.807) is 12.1 Å². The molecular weight excluding hydrogens is 210 g/mol. The summed E-state index contributed by atoms with van der Waals surface area (Å²) in [5, 5.41) is 9.41. The van der Waals surface area contributed by atoms with Crippen LogP contribution in [0.4, 0.5) is 0 Å². The summed E-state index contributed by atoms with van der Waals surface area (Å²) in [6, 6.07) is 15.8. The molecule has 0 bridgehead atoms. The molecule has 0 radical (unpaired) electrons. The minimum absolute atomic E-state index is 0.320. The highest BCUT2D eigenvalue weighted by molar-refractivity contribution is 5.33. The second-order valence-corrected chi connectivity index (χ2v) is 4.21. The third-order valence-electron chi connectivity index (χ3n) is 2.74. The summed E-state index contributed by atoms with van der Waals surface area (Å²) < 4.78 is 0. The fourth-order valence-electron chi connectivity index (χ4n) is 1.96. The summed E-state index contributed by atoms with van der Waals surface area (Å²) >= 11 is 0. The Morgan fingerprint density at radius 2 is 1.53 bits per heavy atom. The largest absolute Gasteiger partial charge is 0.508 e. The zero-order valence-electron chi connectivity index (χ0n) is 9.76. The van der Waals surface area contributed by atoms with Gasteiger partial charge in [-0.3, -0.25) is 0 Å². The van der Waals surface area contributed by atoms with Gasteiger partial charge >= 0.3 is 0 Å². The Bertz CT molecular complexity index is 494. The minimum atomic E-state index is 0.320. The first-order chi connectivity index (χ1) is 8.28. The van der Waals surface area contributed by atoms with Crippen molar-refractivity contribution < 1.29 is 5.11 Å². The normalized spacial score (nSPS) is 10.4. The minimum Gasteiger partial charge on any atom is -0.508 e. The topological polar surface area (TPSA) is 46.2 Å². The highest BCUT2D eigenvalue weighted by atomic mass is 16.3. The highest BCUT2D eigenvalue weighted by Crippen LogP contribution is 2.16. The Kier molecular flexibility index (Phi) is 3.78. The van der Waals surface area contributed by atoms with Gasteiger partial charge in [-0.15, -0.1) is 0 Å². The van der Waals surface area contributed by atoms with E-state index in [0.717, 1.165) is 18.4 Å². The molecule has 88 valence electrons. The van der Waals surface area contributed by atoms with Crippen LogP contribution in [0.2, 0.25) is 0 Å². The molecule has 2 rings (SSSR count). The van der Waals surface area contributed by atoms with Crippen LogP contribution in [0.15, 0.2) is 48.5 Å². The molecular formula is C15H17NO. The van der Waals surface area contributed by atoms with Gasteiger partial charge < -0.3 is 10.8 Å². The second kappa shape index (κ2) is 5.51. The summed E-state index contributed by atoms with van der Waals surface area (Å²) in [7, 11) is 0. The van der Waals surface area contributed by atoms with E-state index in [1.807, 2.05) is 12.1 Å². The van der Waals surface area contributed by atoms with Gasteiger partial charge in [0, 0.05) is 0 Å². The van der Waals surface area contributed by atoms with Gasteiger partial charge in [-0.05, 0) is 48.2 Å². The van der Waals surface area contributed by atoms with Crippen LogP contribution in [0, 0.1) is 0 Å². The van der Waals surface area contributed by atoms with Crippen molar-refractivity contribution in [3.8, 4) is 5.75 Å². The van der Waals surface area contributed by atoms with Crippen molar-refractivity contribution in [2.24, 2.45) is 5.73 Å². The van der Waals surface area contributed by atoms with E-state index in [1.165, 1.54) is 11.1 Å². The first-order valence-corrected chi connectivity index (χ1v) is 5.84. The molecule has 0 amide bonds. The van der Waals surface area contributed by atoms with Gasteiger partial charge in [0.15, 0.2) is 0 Å². The van der Waals surface area contributed by atoms with E-state index in [2.05, 4.69) is 24.3 Å². The van der Waals surface area contributed by atoms with Crippen molar-refractivity contribution in [3.05, 3.63) is 65.2 Å². The summed E-state index contributed by atoms with van der Waals surface area (Å²) in [4.78, 5) is 0. The predicted molar refractivity (Wildman–Crippen MR) is 70.1 cm³/mol. The van der Waals surface area contributed by atoms with Gasteiger partial charge in [-0.1, -0.05) is 36.4 Å². The lowest BCUT2D eigenvalue weighted by Crippen LogP contribution is -2.02. The summed E-state index contributed by atoms with van der Waals surface area (Å²) in [5.41, 5.74) is 9.19. The molecule has 0 aliphatic heterocycles. The zero-order valence-corrected chi connectivity index (χ0v) is 9.76. The molecule has 3 N–H and O–H groups in total. The first kappa shape index (κ1) is 11.7. The molecule has 0 fully saturated rings. The van der Waals surface area contributed by atoms with Gasteiger partial charge in [-0.2, -0.15) is 0 Å². The van der Waals surface area contributed by atoms with Crippen molar-refractivity contribution in [2.75, 3.05) is 6.54 Å². The van der Waals surface area contributed by atoms with E-state index in [4.69, 9.17) is 5.73 Å². The van der Waals surface area contributed by atoms with Crippen molar-refractivity contribution in [3.63, 3.8) is 0 Å². The van der Waals surface area contributed by atoms with Crippen LogP contribution in [-0.4, -0.2) is 11.7 Å². The lowest BCUT2D eigenvalue weighted by Gasteiger charge is -2.05. The highest BCUT2D eigenvalue weighted by Gasteiger charge is 1.99. The molecule has 17 heavy (non-hydrogen) atoms. The van der Waals surface area contributed by atoms with E-state index in [9.17, 15) is 5.11 Å². The molecule has 0 aromatic heterocycles. The second-order valence-electron chi connectivity index (χ2n) is 4.21. The molecule has 2 heteroatoms. The van der Waals surface area contributed by atoms with E-state index in [-0.39, 0.29) is 0 Å². The molecule has 0 saturated heterocycles. The fourth-order valence-corrected chi connectivity index (χ4v) is 1.96. The van der Waals surface area contributed by atoms with Crippen molar-refractivity contribution in [1.82, 2.24) is 0 Å². The third kappa shape index (κ3) is 3.33. The van der Waals surface area contributed by atoms with Gasteiger partial charge in [0.25, 0.3) is 0 Å². The van der Waals surface area contributed by atoms with Gasteiger partial charge in [0.2, 0.25) is 0 Å². The number of phenolic OH excluding ortho intramolecular Hbond substituents is 1. The maximum Gasteiger partial charge on any atom is 0.115 e. The Morgan fingerprint density at radius 3 is 2.24 bits per heavy atom. The molecule has 2 nitrogen and oxygen atoms in total. The van der Waals surface area contributed by atoms with Crippen LogP contribution in [0.25, 0.3) is 0 Å². The monoisotopic (exact) mass is 227 g/mol. The van der Waals surface area contributed by atoms with Crippen LogP contribution in [0.5, 0.6) is 5.75 Å². The van der Waals surface area contributed by atoms with Crippen LogP contribution >= 0.6 is 0 Å². The van der Waals surface area contributed by atoms with Crippen molar-refractivity contribution in [2.45, 2.75) is 12.8 Å². The number of rotatable bonds is 4. The molecule has 0 aliphatic rings. The Balaban J connectivity index is 2.15. The van der Waals surface area contributed by atoms with Gasteiger partial charge in [0.05, 0.1) is 0 Å². The summed E-state index contributed by atoms with van der Waals surface area (Å²) in [5.74, 6) is 0.320. The lowest BCUT2D eigenvalue weighted by atomic mass is 10.0. The summed E-state index contributed by atoms with van der Waals surface area (Å²) in [6.07, 6.45) is 1.75. The zero-order chi connectivity index (χ0) is 12.1. The van der Waals surface area contributed by atoms with E-state index >= 15 is 0 Å². The fraction of sp³-hybridized carbons (Fsp3) is 0.200. The maximum atomic E-state index is 9.41. The standard InChI is InChI=1S/C15H17NO/c16-8-7-12-3-1-4-13(9-12)10-14-5-2-6-15(17)11-14/h1-6,9,11,17H,7-8,10,16H2. The molecule has 2 aromatic rings. The molecule has 2 aromatic carbocycles. The molecule has 0 aliphatic carbocycles. The average molecular weight is 227 g/mol. The smallest absolute Gasteiger partial charge is 0.115 e. The number of hydrogen-bond acceptors (Lipinski definition) is 2. The maximum absolute atomic E-state index is 9.41. The van der Waals surface area contributed by atoms with Crippen molar-refractivity contribution in [1.29, 1.82) is 0 Å². The molecule has 0 unspecified atom stereocenters. The van der Waals surface area contributed by atoms with Crippen LogP contribution in [0.1, 0.15) is 16.7 Å². The molecule has 0 saturated carbocycles. The molecule has 0 heterocycles. The quantitative estimate of drug-likeness (QED) is 0.843. The van der Waals surface area contributed by atoms with Gasteiger partial charge in [-0.25, -0.2) is 0 Å². The van der Waals surface area contributed by atoms with E-state index < -0.39 is 0 Å². The Hall–Kier alpha value is -1.80.